The number of hydrogen-bond acceptors (Lipinski definition) is 6. The third-order valence-corrected chi connectivity index (χ3v) is 6.82. The molecular weight excluding hydrogens is 530 g/mol. The minimum atomic E-state index is -4.66. The Balaban J connectivity index is 1.18. The van der Waals surface area contributed by atoms with Gasteiger partial charge in [0.25, 0.3) is 0 Å². The number of benzene rings is 1. The molecule has 13 heteroatoms. The SMILES string of the molecule is N#Cc1ccc(OC2CCC(OCC(=O)N3CCN(c4ccc(C(F)(F)F)nc4)CC3)CC2)cc1C(F)(F)F. The number of piperazine rings is 1. The predicted molar refractivity (Wildman–Crippen MR) is 127 cm³/mol. The lowest BCUT2D eigenvalue weighted by atomic mass is 9.95. The van der Waals surface area contributed by atoms with Crippen LogP contribution in [0.2, 0.25) is 0 Å². The van der Waals surface area contributed by atoms with E-state index in [0.717, 1.165) is 18.2 Å². The fourth-order valence-electron chi connectivity index (χ4n) is 4.67. The number of alkyl halides is 6. The maximum absolute atomic E-state index is 13.2. The summed E-state index contributed by atoms with van der Waals surface area (Å²) in [4.78, 5) is 19.6. The van der Waals surface area contributed by atoms with Gasteiger partial charge in [-0.15, -0.1) is 0 Å². The van der Waals surface area contributed by atoms with E-state index in [0.29, 0.717) is 57.5 Å². The molecule has 2 fully saturated rings. The fraction of sp³-hybridized carbons (Fsp3) is 0.500. The highest BCUT2D eigenvalue weighted by molar-refractivity contribution is 5.77. The van der Waals surface area contributed by atoms with Crippen LogP contribution < -0.4 is 9.64 Å². The van der Waals surface area contributed by atoms with Crippen LogP contribution in [0.4, 0.5) is 32.0 Å². The quantitative estimate of drug-likeness (QED) is 0.464. The summed E-state index contributed by atoms with van der Waals surface area (Å²) in [6.45, 7) is 1.59. The number of carbonyl (C=O) groups is 1. The van der Waals surface area contributed by atoms with E-state index in [-0.39, 0.29) is 30.5 Å². The monoisotopic (exact) mass is 556 g/mol. The van der Waals surface area contributed by atoms with Crippen LogP contribution in [0, 0.1) is 11.3 Å². The van der Waals surface area contributed by atoms with E-state index < -0.39 is 29.2 Å². The standard InChI is InChI=1S/C26H26F6N4O3/c27-25(28,29)22-13-21(3-1-17(22)14-33)39-20-6-4-19(5-7-20)38-16-24(37)36-11-9-35(10-12-36)18-2-8-23(34-15-18)26(30,31)32/h1-3,8,13,15,19-20H,4-7,9-12,16H2. The van der Waals surface area contributed by atoms with Crippen LogP contribution >= 0.6 is 0 Å². The first kappa shape index (κ1) is 28.5. The third kappa shape index (κ3) is 7.32. The van der Waals surface area contributed by atoms with Crippen LogP contribution in [-0.2, 0) is 21.9 Å². The Morgan fingerprint density at radius 3 is 2.18 bits per heavy atom. The fourth-order valence-corrected chi connectivity index (χ4v) is 4.67. The second kappa shape index (κ2) is 11.7. The van der Waals surface area contributed by atoms with E-state index in [9.17, 15) is 31.1 Å². The highest BCUT2D eigenvalue weighted by Crippen LogP contribution is 2.35. The second-order valence-corrected chi connectivity index (χ2v) is 9.41. The first-order chi connectivity index (χ1) is 18.4. The van der Waals surface area contributed by atoms with Crippen molar-refractivity contribution in [3.8, 4) is 11.8 Å². The lowest BCUT2D eigenvalue weighted by Gasteiger charge is -2.36. The largest absolute Gasteiger partial charge is 0.490 e. The predicted octanol–water partition coefficient (Wildman–Crippen LogP) is 5.05. The van der Waals surface area contributed by atoms with Crippen molar-refractivity contribution >= 4 is 11.6 Å². The van der Waals surface area contributed by atoms with E-state index in [1.165, 1.54) is 24.4 Å². The topological polar surface area (TPSA) is 78.7 Å². The number of nitrogens with zero attached hydrogens (tertiary/aromatic N) is 4. The van der Waals surface area contributed by atoms with Crippen molar-refractivity contribution in [1.29, 1.82) is 5.26 Å². The van der Waals surface area contributed by atoms with Gasteiger partial charge in [0.1, 0.15) is 18.1 Å². The maximum Gasteiger partial charge on any atom is 0.433 e. The molecule has 1 saturated heterocycles. The highest BCUT2D eigenvalue weighted by Gasteiger charge is 2.35. The van der Waals surface area contributed by atoms with Crippen LogP contribution in [-0.4, -0.2) is 60.8 Å². The normalized spacial score (nSPS) is 20.4. The Hall–Kier alpha value is -3.53. The molecule has 2 aromatic rings. The zero-order chi connectivity index (χ0) is 28.2. The summed E-state index contributed by atoms with van der Waals surface area (Å²) < 4.78 is 89.2. The van der Waals surface area contributed by atoms with Crippen molar-refractivity contribution in [2.24, 2.45) is 0 Å². The maximum atomic E-state index is 13.2. The number of pyridine rings is 1. The zero-order valence-electron chi connectivity index (χ0n) is 20.8. The smallest absolute Gasteiger partial charge is 0.433 e. The van der Waals surface area contributed by atoms with Crippen LogP contribution in [0.1, 0.15) is 42.5 Å². The van der Waals surface area contributed by atoms with E-state index in [4.69, 9.17) is 14.7 Å². The van der Waals surface area contributed by atoms with Gasteiger partial charge in [-0.1, -0.05) is 0 Å². The van der Waals surface area contributed by atoms with Crippen LogP contribution in [0.3, 0.4) is 0 Å². The van der Waals surface area contributed by atoms with Gasteiger partial charge in [0.05, 0.1) is 41.3 Å². The van der Waals surface area contributed by atoms with Gasteiger partial charge in [-0.3, -0.25) is 4.79 Å². The molecule has 1 amide bonds. The first-order valence-corrected chi connectivity index (χ1v) is 12.4. The summed E-state index contributed by atoms with van der Waals surface area (Å²) in [7, 11) is 0. The van der Waals surface area contributed by atoms with Crippen molar-refractivity contribution < 1.29 is 40.6 Å². The molecule has 0 atom stereocenters. The minimum absolute atomic E-state index is 0.0482. The molecule has 1 aromatic heterocycles. The average molecular weight is 557 g/mol. The Morgan fingerprint density at radius 1 is 0.949 bits per heavy atom. The van der Waals surface area contributed by atoms with Gasteiger partial charge in [-0.2, -0.15) is 31.6 Å². The Morgan fingerprint density at radius 2 is 1.62 bits per heavy atom. The lowest BCUT2D eigenvalue weighted by Crippen LogP contribution is -2.50. The van der Waals surface area contributed by atoms with Gasteiger partial charge < -0.3 is 19.3 Å². The highest BCUT2D eigenvalue weighted by atomic mass is 19.4. The molecule has 0 radical (unpaired) electrons. The molecule has 2 heterocycles. The Bertz CT molecular complexity index is 1180. The molecule has 1 aromatic carbocycles. The van der Waals surface area contributed by atoms with Gasteiger partial charge >= 0.3 is 12.4 Å². The molecule has 39 heavy (non-hydrogen) atoms. The number of ether oxygens (including phenoxy) is 2. The van der Waals surface area contributed by atoms with E-state index in [1.807, 2.05) is 4.90 Å². The van der Waals surface area contributed by atoms with Gasteiger partial charge in [0, 0.05) is 26.2 Å². The number of halogens is 6. The van der Waals surface area contributed by atoms with E-state index >= 15 is 0 Å². The minimum Gasteiger partial charge on any atom is -0.490 e. The molecule has 7 nitrogen and oxygen atoms in total. The molecule has 0 unspecified atom stereocenters. The van der Waals surface area contributed by atoms with Crippen molar-refractivity contribution in [1.82, 2.24) is 9.88 Å². The van der Waals surface area contributed by atoms with E-state index in [1.54, 1.807) is 4.90 Å². The van der Waals surface area contributed by atoms with Gasteiger partial charge in [0.15, 0.2) is 0 Å². The zero-order valence-corrected chi connectivity index (χ0v) is 20.8. The second-order valence-electron chi connectivity index (χ2n) is 9.41. The number of carbonyl (C=O) groups excluding carboxylic acids is 1. The molecule has 4 rings (SSSR count). The first-order valence-electron chi connectivity index (χ1n) is 12.4. The number of nitriles is 1. The lowest BCUT2D eigenvalue weighted by molar-refractivity contribution is -0.141. The number of amides is 1. The number of anilines is 1. The third-order valence-electron chi connectivity index (χ3n) is 6.82. The summed E-state index contributed by atoms with van der Waals surface area (Å²) in [5, 5.41) is 8.92. The van der Waals surface area contributed by atoms with Crippen molar-refractivity contribution in [3.05, 3.63) is 53.3 Å². The molecule has 0 spiro atoms. The summed E-state index contributed by atoms with van der Waals surface area (Å²) in [5.74, 6) is -0.136. The molecule has 1 saturated carbocycles. The van der Waals surface area contributed by atoms with Crippen LogP contribution in [0.25, 0.3) is 0 Å². The number of aromatic nitrogens is 1. The van der Waals surface area contributed by atoms with Crippen molar-refractivity contribution in [2.45, 2.75) is 50.2 Å². The molecular formula is C26H26F6N4O3. The molecule has 1 aliphatic heterocycles. The van der Waals surface area contributed by atoms with Gasteiger partial charge in [0.2, 0.25) is 5.91 Å². The van der Waals surface area contributed by atoms with Crippen molar-refractivity contribution in [2.75, 3.05) is 37.7 Å². The summed E-state index contributed by atoms with van der Waals surface area (Å²) in [6, 6.07) is 7.13. The van der Waals surface area contributed by atoms with Crippen LogP contribution in [0.15, 0.2) is 36.5 Å². The molecule has 210 valence electrons. The Labute approximate surface area is 220 Å². The summed E-state index contributed by atoms with van der Waals surface area (Å²) in [5.41, 5.74) is -1.90. The molecule has 2 aliphatic rings. The van der Waals surface area contributed by atoms with Gasteiger partial charge in [-0.25, -0.2) is 4.98 Å². The van der Waals surface area contributed by atoms with Crippen molar-refractivity contribution in [3.63, 3.8) is 0 Å². The average Bonchev–Trinajstić information content (AvgIpc) is 2.91. The number of hydrogen-bond donors (Lipinski definition) is 0. The van der Waals surface area contributed by atoms with E-state index in [2.05, 4.69) is 4.98 Å². The number of rotatable bonds is 6. The summed E-state index contributed by atoms with van der Waals surface area (Å²) >= 11 is 0. The summed E-state index contributed by atoms with van der Waals surface area (Å²) in [6.07, 6.45) is -6.22. The Kier molecular flexibility index (Phi) is 8.54. The molecule has 1 aliphatic carbocycles. The molecule has 0 N–H and O–H groups in total. The van der Waals surface area contributed by atoms with Gasteiger partial charge in [-0.05, 0) is 56.0 Å². The molecule has 0 bridgehead atoms. The van der Waals surface area contributed by atoms with Crippen LogP contribution in [0.5, 0.6) is 5.75 Å².